The number of hydrogen-bond donors (Lipinski definition) is 2. The molecule has 1 aliphatic rings. The molecule has 9 heteroatoms. The van der Waals surface area contributed by atoms with Crippen LogP contribution >= 0.6 is 11.3 Å². The molecule has 1 aromatic rings. The molecule has 25 heavy (non-hydrogen) atoms. The highest BCUT2D eigenvalue weighted by atomic mass is 32.1. The molecule has 2 heterocycles. The average Bonchev–Trinajstić information content (AvgIpc) is 3.10. The molecule has 2 amide bonds. The molecular formula is C16H26N4O4S. The molecule has 1 aromatic heterocycles. The number of ether oxygens (including phenoxy) is 2. The minimum absolute atomic E-state index is 0.278. The topological polar surface area (TPSA) is 92.8 Å². The summed E-state index contributed by atoms with van der Waals surface area (Å²) in [6.45, 7) is 9.18. The molecule has 0 saturated carbocycles. The Morgan fingerprint density at radius 3 is 2.72 bits per heavy atom. The minimum atomic E-state index is -0.626. The molecule has 1 saturated heterocycles. The Morgan fingerprint density at radius 1 is 1.32 bits per heavy atom. The lowest BCUT2D eigenvalue weighted by Gasteiger charge is -2.25. The summed E-state index contributed by atoms with van der Waals surface area (Å²) < 4.78 is 10.7. The second-order valence-corrected chi connectivity index (χ2v) is 7.09. The summed E-state index contributed by atoms with van der Waals surface area (Å²) in [4.78, 5) is 30.4. The van der Waals surface area contributed by atoms with Crippen molar-refractivity contribution in [1.29, 1.82) is 0 Å². The third-order valence-electron chi connectivity index (χ3n) is 3.74. The number of hydrazine groups is 1. The van der Waals surface area contributed by atoms with Gasteiger partial charge in [-0.3, -0.25) is 20.4 Å². The summed E-state index contributed by atoms with van der Waals surface area (Å²) in [5, 5.41) is 2.46. The van der Waals surface area contributed by atoms with Crippen LogP contribution in [0.5, 0.6) is 0 Å². The van der Waals surface area contributed by atoms with Crippen molar-refractivity contribution in [3.05, 3.63) is 11.1 Å². The van der Waals surface area contributed by atoms with Crippen molar-refractivity contribution < 1.29 is 19.1 Å². The molecule has 2 N–H and O–H groups in total. The molecule has 0 radical (unpaired) electrons. The Balaban J connectivity index is 1.76. The predicted octanol–water partition coefficient (Wildman–Crippen LogP) is 1.19. The zero-order valence-corrected chi connectivity index (χ0v) is 15.7. The second kappa shape index (κ2) is 9.69. The van der Waals surface area contributed by atoms with Crippen LogP contribution in [0.2, 0.25) is 0 Å². The number of anilines is 1. The van der Waals surface area contributed by atoms with Crippen molar-refractivity contribution in [1.82, 2.24) is 15.8 Å². The van der Waals surface area contributed by atoms with Crippen molar-refractivity contribution in [3.63, 3.8) is 0 Å². The van der Waals surface area contributed by atoms with E-state index in [-0.39, 0.29) is 11.6 Å². The van der Waals surface area contributed by atoms with Crippen LogP contribution in [0.25, 0.3) is 0 Å². The van der Waals surface area contributed by atoms with Crippen molar-refractivity contribution in [2.24, 2.45) is 5.92 Å². The Hall–Kier alpha value is -1.71. The van der Waals surface area contributed by atoms with Gasteiger partial charge in [-0.05, 0) is 19.3 Å². The number of rotatable bonds is 7. The van der Waals surface area contributed by atoms with Crippen LogP contribution < -0.4 is 15.8 Å². The number of carbonyl (C=O) groups is 2. The maximum absolute atomic E-state index is 12.1. The van der Waals surface area contributed by atoms with Crippen LogP contribution in [0.4, 0.5) is 5.13 Å². The molecule has 140 valence electrons. The monoisotopic (exact) mass is 370 g/mol. The first-order valence-electron chi connectivity index (χ1n) is 8.47. The van der Waals surface area contributed by atoms with E-state index in [1.807, 2.05) is 0 Å². The van der Waals surface area contributed by atoms with Gasteiger partial charge in [0.25, 0.3) is 11.8 Å². The number of aromatic nitrogens is 1. The minimum Gasteiger partial charge on any atom is -0.378 e. The third kappa shape index (κ3) is 6.26. The van der Waals surface area contributed by atoms with E-state index in [9.17, 15) is 9.59 Å². The first kappa shape index (κ1) is 19.6. The highest BCUT2D eigenvalue weighted by molar-refractivity contribution is 7.13. The maximum atomic E-state index is 12.1. The summed E-state index contributed by atoms with van der Waals surface area (Å²) in [6, 6.07) is 0. The SMILES string of the molecule is CC(C)CCOC(C)C(=O)NNC(=O)c1csc(N2CCOCC2)n1. The van der Waals surface area contributed by atoms with E-state index in [4.69, 9.17) is 9.47 Å². The molecule has 1 aliphatic heterocycles. The number of nitrogens with zero attached hydrogens (tertiary/aromatic N) is 2. The molecule has 0 aliphatic carbocycles. The van der Waals surface area contributed by atoms with E-state index in [0.29, 0.717) is 25.7 Å². The van der Waals surface area contributed by atoms with Crippen molar-refractivity contribution in [2.45, 2.75) is 33.3 Å². The lowest BCUT2D eigenvalue weighted by molar-refractivity contribution is -0.132. The summed E-state index contributed by atoms with van der Waals surface area (Å²) >= 11 is 1.40. The van der Waals surface area contributed by atoms with Crippen LogP contribution in [0.15, 0.2) is 5.38 Å². The van der Waals surface area contributed by atoms with Gasteiger partial charge < -0.3 is 14.4 Å². The van der Waals surface area contributed by atoms with Gasteiger partial charge in [0, 0.05) is 25.1 Å². The number of amides is 2. The van der Waals surface area contributed by atoms with E-state index < -0.39 is 12.0 Å². The van der Waals surface area contributed by atoms with Gasteiger partial charge in [0.15, 0.2) is 5.13 Å². The fourth-order valence-electron chi connectivity index (χ4n) is 2.11. The zero-order chi connectivity index (χ0) is 18.2. The fraction of sp³-hybridized carbons (Fsp3) is 0.688. The molecule has 2 rings (SSSR count). The molecule has 1 unspecified atom stereocenters. The van der Waals surface area contributed by atoms with E-state index in [1.54, 1.807) is 12.3 Å². The standard InChI is InChI=1S/C16H26N4O4S/c1-11(2)4-7-24-12(3)14(21)18-19-15(22)13-10-25-16(17-13)20-5-8-23-9-6-20/h10-12H,4-9H2,1-3H3,(H,18,21)(H,19,22). The van der Waals surface area contributed by atoms with E-state index in [1.165, 1.54) is 11.3 Å². The van der Waals surface area contributed by atoms with Crippen molar-refractivity contribution in [2.75, 3.05) is 37.8 Å². The van der Waals surface area contributed by atoms with E-state index in [2.05, 4.69) is 34.6 Å². The van der Waals surface area contributed by atoms with Gasteiger partial charge in [-0.2, -0.15) is 0 Å². The van der Waals surface area contributed by atoms with Gasteiger partial charge in [-0.1, -0.05) is 13.8 Å². The molecule has 0 bridgehead atoms. The van der Waals surface area contributed by atoms with E-state index >= 15 is 0 Å². The summed E-state index contributed by atoms with van der Waals surface area (Å²) in [7, 11) is 0. The normalized spacial score (nSPS) is 15.9. The third-order valence-corrected chi connectivity index (χ3v) is 4.64. The average molecular weight is 370 g/mol. The van der Waals surface area contributed by atoms with E-state index in [0.717, 1.165) is 24.6 Å². The summed E-state index contributed by atoms with van der Waals surface area (Å²) in [6.07, 6.45) is 0.256. The predicted molar refractivity (Wildman–Crippen MR) is 95.6 cm³/mol. The quantitative estimate of drug-likeness (QED) is 0.701. The second-order valence-electron chi connectivity index (χ2n) is 6.25. The molecular weight excluding hydrogens is 344 g/mol. The number of nitrogens with one attached hydrogen (secondary N) is 2. The van der Waals surface area contributed by atoms with Crippen molar-refractivity contribution >= 4 is 28.3 Å². The first-order chi connectivity index (χ1) is 12.0. The van der Waals surface area contributed by atoms with Crippen LogP contribution in [-0.2, 0) is 14.3 Å². The summed E-state index contributed by atoms with van der Waals surface area (Å²) in [5.41, 5.74) is 5.03. The smallest absolute Gasteiger partial charge is 0.289 e. The molecule has 8 nitrogen and oxygen atoms in total. The Kier molecular flexibility index (Phi) is 7.60. The number of hydrogen-bond acceptors (Lipinski definition) is 7. The lowest BCUT2D eigenvalue weighted by Crippen LogP contribution is -2.46. The number of morpholine rings is 1. The largest absolute Gasteiger partial charge is 0.378 e. The summed E-state index contributed by atoms with van der Waals surface area (Å²) in [5.74, 6) is -0.320. The zero-order valence-electron chi connectivity index (χ0n) is 14.9. The van der Waals surface area contributed by atoms with Gasteiger partial charge in [0.05, 0.1) is 13.2 Å². The van der Waals surface area contributed by atoms with Gasteiger partial charge in [-0.25, -0.2) is 4.98 Å². The van der Waals surface area contributed by atoms with Gasteiger partial charge in [0.2, 0.25) is 0 Å². The van der Waals surface area contributed by atoms with Gasteiger partial charge in [0.1, 0.15) is 11.8 Å². The maximum Gasteiger partial charge on any atom is 0.289 e. The number of thiazole rings is 1. The first-order valence-corrected chi connectivity index (χ1v) is 9.35. The van der Waals surface area contributed by atoms with Gasteiger partial charge in [-0.15, -0.1) is 11.3 Å². The van der Waals surface area contributed by atoms with Crippen LogP contribution in [0.3, 0.4) is 0 Å². The molecule has 1 atom stereocenters. The number of carbonyl (C=O) groups excluding carboxylic acids is 2. The van der Waals surface area contributed by atoms with Gasteiger partial charge >= 0.3 is 0 Å². The highest BCUT2D eigenvalue weighted by Gasteiger charge is 2.19. The van der Waals surface area contributed by atoms with Crippen molar-refractivity contribution in [3.8, 4) is 0 Å². The molecule has 1 fully saturated rings. The Bertz CT molecular complexity index is 572. The van der Waals surface area contributed by atoms with Crippen LogP contribution in [0, 0.1) is 5.92 Å². The molecule has 0 spiro atoms. The molecule has 0 aromatic carbocycles. The Morgan fingerprint density at radius 2 is 2.04 bits per heavy atom. The van der Waals surface area contributed by atoms with Crippen LogP contribution in [0.1, 0.15) is 37.7 Å². The Labute approximate surface area is 151 Å². The van der Waals surface area contributed by atoms with Crippen LogP contribution in [-0.4, -0.2) is 55.8 Å². The lowest BCUT2D eigenvalue weighted by atomic mass is 10.1. The highest BCUT2D eigenvalue weighted by Crippen LogP contribution is 2.21. The fourth-order valence-corrected chi connectivity index (χ4v) is 2.97.